The van der Waals surface area contributed by atoms with Crippen molar-refractivity contribution in [2.45, 2.75) is 24.7 Å². The van der Waals surface area contributed by atoms with Crippen molar-refractivity contribution in [3.05, 3.63) is 22.6 Å². The lowest BCUT2D eigenvalue weighted by atomic mass is 10.1. The van der Waals surface area contributed by atoms with Gasteiger partial charge in [-0.05, 0) is 0 Å². The van der Waals surface area contributed by atoms with Gasteiger partial charge in [-0.3, -0.25) is 0 Å². The van der Waals surface area contributed by atoms with Gasteiger partial charge in [0.2, 0.25) is 11.5 Å². The van der Waals surface area contributed by atoms with Crippen LogP contribution in [0.1, 0.15) is 22.6 Å². The minimum atomic E-state index is -6.36. The van der Waals surface area contributed by atoms with Crippen LogP contribution in [0.15, 0.2) is 4.42 Å². The molecule has 1 aromatic heterocycles. The largest absolute Gasteiger partial charge is 0.450 e. The summed E-state index contributed by atoms with van der Waals surface area (Å²) in [6.07, 6.45) is -25.1. The Morgan fingerprint density at radius 1 is 0.429 bits per heavy atom. The predicted octanol–water partition coefficient (Wildman–Crippen LogP) is 5.35. The van der Waals surface area contributed by atoms with Crippen molar-refractivity contribution in [2.75, 3.05) is 0 Å². The monoisotopic (exact) mass is 340 g/mol. The Hall–Kier alpha value is -1.56. The highest BCUT2D eigenvalue weighted by atomic mass is 19.4. The predicted molar refractivity (Wildman–Crippen MR) is 38.7 cm³/mol. The molecule has 1 nitrogen and oxygen atoms in total. The summed E-state index contributed by atoms with van der Waals surface area (Å²) < 4.78 is 150. The van der Waals surface area contributed by atoms with E-state index in [1.54, 1.807) is 0 Å². The van der Waals surface area contributed by atoms with Gasteiger partial charge < -0.3 is 4.42 Å². The highest BCUT2D eigenvalue weighted by Gasteiger charge is 2.59. The van der Waals surface area contributed by atoms with Crippen molar-refractivity contribution in [1.29, 1.82) is 0 Å². The summed E-state index contributed by atoms with van der Waals surface area (Å²) in [4.78, 5) is 0. The fourth-order valence-corrected chi connectivity index (χ4v) is 1.37. The Labute approximate surface area is 106 Å². The lowest BCUT2D eigenvalue weighted by molar-refractivity contribution is -0.180. The van der Waals surface area contributed by atoms with Crippen LogP contribution in [0.4, 0.5) is 52.7 Å². The molecule has 0 aliphatic carbocycles. The first-order chi connectivity index (χ1) is 8.97. The maximum absolute atomic E-state index is 12.3. The molecule has 13 heteroatoms. The molecule has 1 heterocycles. The summed E-state index contributed by atoms with van der Waals surface area (Å²) in [5.41, 5.74) is -7.12. The van der Waals surface area contributed by atoms with Gasteiger partial charge >= 0.3 is 24.7 Å². The first kappa shape index (κ1) is 17.5. The highest BCUT2D eigenvalue weighted by Crippen LogP contribution is 2.52. The zero-order valence-electron chi connectivity index (χ0n) is 8.94. The second-order valence-electron chi connectivity index (χ2n) is 3.50. The summed E-state index contributed by atoms with van der Waals surface area (Å²) in [6, 6.07) is 0. The van der Waals surface area contributed by atoms with E-state index in [-0.39, 0.29) is 0 Å². The van der Waals surface area contributed by atoms with E-state index in [4.69, 9.17) is 0 Å². The molecule has 21 heavy (non-hydrogen) atoms. The standard InChI is InChI=1S/C8F12O/c9-5(10,11)1-2(6(12,13)14)4(8(18,19)20)21-3(1)7(15,16)17. The quantitative estimate of drug-likeness (QED) is 0.580. The highest BCUT2D eigenvalue weighted by molar-refractivity contribution is 5.41. The van der Waals surface area contributed by atoms with Crippen molar-refractivity contribution in [3.8, 4) is 0 Å². The van der Waals surface area contributed by atoms with Gasteiger partial charge in [0.15, 0.2) is 0 Å². The van der Waals surface area contributed by atoms with Gasteiger partial charge in [0.25, 0.3) is 0 Å². The Morgan fingerprint density at radius 3 is 0.810 bits per heavy atom. The molecule has 0 spiro atoms. The van der Waals surface area contributed by atoms with Gasteiger partial charge in [-0.2, -0.15) is 52.7 Å². The summed E-state index contributed by atoms with van der Waals surface area (Å²) in [5, 5.41) is 0. The molecule has 0 saturated heterocycles. The van der Waals surface area contributed by atoms with Gasteiger partial charge in [0.05, 0.1) is 0 Å². The lowest BCUT2D eigenvalue weighted by Gasteiger charge is -2.13. The fraction of sp³-hybridized carbons (Fsp3) is 0.500. The van der Waals surface area contributed by atoms with Gasteiger partial charge in [-0.25, -0.2) is 0 Å². The lowest BCUT2D eigenvalue weighted by Crippen LogP contribution is -2.21. The van der Waals surface area contributed by atoms with E-state index >= 15 is 0 Å². The van der Waals surface area contributed by atoms with Crippen LogP contribution in [-0.4, -0.2) is 0 Å². The molecule has 0 aromatic carbocycles. The third-order valence-electron chi connectivity index (χ3n) is 1.99. The average molecular weight is 340 g/mol. The Kier molecular flexibility index (Phi) is 3.72. The second kappa shape index (κ2) is 4.47. The molecule has 1 aromatic rings. The maximum Gasteiger partial charge on any atom is 0.450 e. The van der Waals surface area contributed by atoms with Crippen LogP contribution in [0.25, 0.3) is 0 Å². The fourth-order valence-electron chi connectivity index (χ4n) is 1.37. The Morgan fingerprint density at radius 2 is 0.667 bits per heavy atom. The van der Waals surface area contributed by atoms with Gasteiger partial charge in [0.1, 0.15) is 11.1 Å². The van der Waals surface area contributed by atoms with E-state index in [1.165, 1.54) is 0 Å². The molecule has 0 aliphatic rings. The average Bonchev–Trinajstić information content (AvgIpc) is 2.52. The van der Waals surface area contributed by atoms with Crippen LogP contribution in [-0.2, 0) is 24.7 Å². The molecule has 1 rings (SSSR count). The van der Waals surface area contributed by atoms with Crippen LogP contribution in [0.2, 0.25) is 0 Å². The third kappa shape index (κ3) is 3.37. The molecule has 0 N–H and O–H groups in total. The van der Waals surface area contributed by atoms with Crippen LogP contribution < -0.4 is 0 Å². The van der Waals surface area contributed by atoms with Gasteiger partial charge in [-0.1, -0.05) is 0 Å². The van der Waals surface area contributed by atoms with E-state index in [1.807, 2.05) is 0 Å². The molecule has 0 amide bonds. The van der Waals surface area contributed by atoms with Crippen molar-refractivity contribution >= 4 is 0 Å². The van der Waals surface area contributed by atoms with E-state index in [0.717, 1.165) is 0 Å². The molecule has 0 fully saturated rings. The van der Waals surface area contributed by atoms with Crippen molar-refractivity contribution in [1.82, 2.24) is 0 Å². The number of hydrogen-bond donors (Lipinski definition) is 0. The summed E-state index contributed by atoms with van der Waals surface area (Å²) in [6.45, 7) is 0. The molecule has 0 atom stereocenters. The smallest absolute Gasteiger partial charge is 0.446 e. The number of rotatable bonds is 0. The molecule has 0 bridgehead atoms. The molecule has 0 saturated carbocycles. The SMILES string of the molecule is FC(F)(F)c1oc(C(F)(F)F)c(C(F)(F)F)c1C(F)(F)F. The summed E-state index contributed by atoms with van der Waals surface area (Å²) in [7, 11) is 0. The molecule has 0 radical (unpaired) electrons. The van der Waals surface area contributed by atoms with E-state index < -0.39 is 47.4 Å². The zero-order chi connectivity index (χ0) is 17.0. The summed E-state index contributed by atoms with van der Waals surface area (Å²) >= 11 is 0. The maximum atomic E-state index is 12.3. The molecular weight excluding hydrogens is 340 g/mol. The van der Waals surface area contributed by atoms with Gasteiger partial charge in [-0.15, -0.1) is 0 Å². The number of halogens is 12. The Balaban J connectivity index is 3.93. The molecule has 0 unspecified atom stereocenters. The first-order valence-corrected chi connectivity index (χ1v) is 4.43. The zero-order valence-corrected chi connectivity index (χ0v) is 8.94. The van der Waals surface area contributed by atoms with Gasteiger partial charge in [0, 0.05) is 0 Å². The number of alkyl halides is 12. The number of furan rings is 1. The third-order valence-corrected chi connectivity index (χ3v) is 1.99. The normalized spacial score (nSPS) is 14.7. The van der Waals surface area contributed by atoms with Crippen LogP contribution >= 0.6 is 0 Å². The van der Waals surface area contributed by atoms with Crippen molar-refractivity contribution < 1.29 is 57.1 Å². The van der Waals surface area contributed by atoms with Crippen molar-refractivity contribution in [3.63, 3.8) is 0 Å². The molecule has 0 aliphatic heterocycles. The molecule has 122 valence electrons. The summed E-state index contributed by atoms with van der Waals surface area (Å²) in [5.74, 6) is -6.82. The number of hydrogen-bond acceptors (Lipinski definition) is 1. The van der Waals surface area contributed by atoms with E-state index in [0.29, 0.717) is 0 Å². The minimum absolute atomic E-state index is 2.84. The van der Waals surface area contributed by atoms with E-state index in [9.17, 15) is 52.7 Å². The van der Waals surface area contributed by atoms with Crippen LogP contribution in [0.5, 0.6) is 0 Å². The second-order valence-corrected chi connectivity index (χ2v) is 3.50. The first-order valence-electron chi connectivity index (χ1n) is 4.43. The van der Waals surface area contributed by atoms with Crippen molar-refractivity contribution in [2.24, 2.45) is 0 Å². The topological polar surface area (TPSA) is 13.1 Å². The minimum Gasteiger partial charge on any atom is -0.446 e. The van der Waals surface area contributed by atoms with Crippen LogP contribution in [0, 0.1) is 0 Å². The van der Waals surface area contributed by atoms with E-state index in [2.05, 4.69) is 4.42 Å². The molecular formula is C8F12O. The Bertz CT molecular complexity index is 475. The van der Waals surface area contributed by atoms with Crippen LogP contribution in [0.3, 0.4) is 0 Å².